The molecule has 0 saturated carbocycles. The smallest absolute Gasteiger partial charge is 0.251 e. The Labute approximate surface area is 95.8 Å². The van der Waals surface area contributed by atoms with E-state index in [0.29, 0.717) is 18.5 Å². The van der Waals surface area contributed by atoms with Crippen molar-refractivity contribution in [3.8, 4) is 18.1 Å². The molecule has 0 bridgehead atoms. The number of carbonyl (C=O) groups is 1. The van der Waals surface area contributed by atoms with Crippen LogP contribution in [0, 0.1) is 12.3 Å². The van der Waals surface area contributed by atoms with Gasteiger partial charge in [0.15, 0.2) is 0 Å². The number of carbonyl (C=O) groups excluding carboxylic acids is 1. The summed E-state index contributed by atoms with van der Waals surface area (Å²) in [6, 6.07) is 6.98. The van der Waals surface area contributed by atoms with Gasteiger partial charge in [-0.3, -0.25) is 4.79 Å². The molecule has 16 heavy (non-hydrogen) atoms. The summed E-state index contributed by atoms with van der Waals surface area (Å²) in [6.45, 7) is 0.606. The molecular weight excluding hydrogens is 202 g/mol. The van der Waals surface area contributed by atoms with Crippen molar-refractivity contribution >= 4 is 5.91 Å². The number of ether oxygens (including phenoxy) is 1. The van der Waals surface area contributed by atoms with Gasteiger partial charge in [0.2, 0.25) is 0 Å². The maximum Gasteiger partial charge on any atom is 0.251 e. The molecule has 1 N–H and O–H groups in total. The number of benzene rings is 1. The molecule has 1 rings (SSSR count). The highest BCUT2D eigenvalue weighted by atomic mass is 16.5. The molecule has 0 radical (unpaired) electrons. The van der Waals surface area contributed by atoms with Gasteiger partial charge in [0.05, 0.1) is 7.11 Å². The van der Waals surface area contributed by atoms with Gasteiger partial charge in [-0.2, -0.15) is 0 Å². The van der Waals surface area contributed by atoms with Crippen LogP contribution in [0.3, 0.4) is 0 Å². The molecule has 0 spiro atoms. The van der Waals surface area contributed by atoms with E-state index in [1.807, 2.05) is 0 Å². The lowest BCUT2D eigenvalue weighted by molar-refractivity contribution is 0.0953. The number of hydrogen-bond donors (Lipinski definition) is 1. The molecule has 0 aliphatic carbocycles. The zero-order chi connectivity index (χ0) is 11.8. The van der Waals surface area contributed by atoms with Crippen LogP contribution in [0.15, 0.2) is 24.3 Å². The summed E-state index contributed by atoms with van der Waals surface area (Å²) < 4.78 is 5.01. The molecule has 0 unspecified atom stereocenters. The van der Waals surface area contributed by atoms with Gasteiger partial charge in [0.1, 0.15) is 5.75 Å². The van der Waals surface area contributed by atoms with E-state index in [1.54, 1.807) is 31.4 Å². The second-order valence-corrected chi connectivity index (χ2v) is 3.29. The van der Waals surface area contributed by atoms with Crippen LogP contribution in [0.25, 0.3) is 0 Å². The summed E-state index contributed by atoms with van der Waals surface area (Å²) in [5, 5.41) is 2.80. The quantitative estimate of drug-likeness (QED) is 0.603. The van der Waals surface area contributed by atoms with Gasteiger partial charge < -0.3 is 10.1 Å². The largest absolute Gasteiger partial charge is 0.497 e. The molecule has 0 heterocycles. The number of hydrogen-bond acceptors (Lipinski definition) is 2. The summed E-state index contributed by atoms with van der Waals surface area (Å²) in [4.78, 5) is 11.6. The monoisotopic (exact) mass is 217 g/mol. The van der Waals surface area contributed by atoms with E-state index in [9.17, 15) is 4.79 Å². The van der Waals surface area contributed by atoms with Gasteiger partial charge in [0.25, 0.3) is 5.91 Å². The predicted octanol–water partition coefficient (Wildman–Crippen LogP) is 1.84. The highest BCUT2D eigenvalue weighted by Gasteiger charge is 2.03. The number of nitrogens with one attached hydrogen (secondary N) is 1. The first-order valence-electron chi connectivity index (χ1n) is 5.13. The zero-order valence-corrected chi connectivity index (χ0v) is 9.32. The SMILES string of the molecule is C#CCCCNC(=O)c1ccc(OC)cc1. The number of terminal acetylenes is 1. The second kappa shape index (κ2) is 6.52. The fraction of sp³-hybridized carbons (Fsp3) is 0.308. The number of unbranched alkanes of at least 4 members (excludes halogenated alkanes) is 1. The molecular formula is C13H15NO2. The van der Waals surface area contributed by atoms with Crippen molar-refractivity contribution in [3.63, 3.8) is 0 Å². The minimum absolute atomic E-state index is 0.0836. The van der Waals surface area contributed by atoms with E-state index >= 15 is 0 Å². The number of methoxy groups -OCH3 is 1. The third-order valence-corrected chi connectivity index (χ3v) is 2.14. The van der Waals surface area contributed by atoms with Crippen LogP contribution in [0.4, 0.5) is 0 Å². The molecule has 1 aromatic rings. The Morgan fingerprint density at radius 2 is 2.12 bits per heavy atom. The van der Waals surface area contributed by atoms with Gasteiger partial charge in [0, 0.05) is 18.5 Å². The Kier molecular flexibility index (Phi) is 4.94. The molecule has 3 nitrogen and oxygen atoms in total. The van der Waals surface area contributed by atoms with Gasteiger partial charge in [-0.15, -0.1) is 12.3 Å². The first-order valence-corrected chi connectivity index (χ1v) is 5.13. The second-order valence-electron chi connectivity index (χ2n) is 3.29. The lowest BCUT2D eigenvalue weighted by Crippen LogP contribution is -2.24. The van der Waals surface area contributed by atoms with Crippen LogP contribution in [0.5, 0.6) is 5.75 Å². The molecule has 0 aliphatic rings. The topological polar surface area (TPSA) is 38.3 Å². The molecule has 0 atom stereocenters. The van der Waals surface area contributed by atoms with Crippen molar-refractivity contribution < 1.29 is 9.53 Å². The molecule has 0 aliphatic heterocycles. The summed E-state index contributed by atoms with van der Waals surface area (Å²) in [5.74, 6) is 3.18. The summed E-state index contributed by atoms with van der Waals surface area (Å²) in [5.41, 5.74) is 0.626. The van der Waals surface area contributed by atoms with E-state index in [-0.39, 0.29) is 5.91 Å². The highest BCUT2D eigenvalue weighted by molar-refractivity contribution is 5.94. The Bertz CT molecular complexity index is 376. The van der Waals surface area contributed by atoms with E-state index in [1.165, 1.54) is 0 Å². The van der Waals surface area contributed by atoms with Crippen molar-refractivity contribution in [3.05, 3.63) is 29.8 Å². The fourth-order valence-electron chi connectivity index (χ4n) is 1.24. The van der Waals surface area contributed by atoms with Crippen molar-refractivity contribution in [1.82, 2.24) is 5.32 Å². The maximum atomic E-state index is 11.6. The number of rotatable bonds is 5. The van der Waals surface area contributed by atoms with Crippen LogP contribution in [0.1, 0.15) is 23.2 Å². The van der Waals surface area contributed by atoms with Crippen LogP contribution < -0.4 is 10.1 Å². The lowest BCUT2D eigenvalue weighted by atomic mass is 10.2. The number of amides is 1. The molecule has 3 heteroatoms. The third kappa shape index (κ3) is 3.66. The summed E-state index contributed by atoms with van der Waals surface area (Å²) in [7, 11) is 1.59. The summed E-state index contributed by atoms with van der Waals surface area (Å²) >= 11 is 0. The fourth-order valence-corrected chi connectivity index (χ4v) is 1.24. The van der Waals surface area contributed by atoms with E-state index < -0.39 is 0 Å². The minimum atomic E-state index is -0.0836. The van der Waals surface area contributed by atoms with E-state index in [0.717, 1.165) is 12.2 Å². The minimum Gasteiger partial charge on any atom is -0.497 e. The van der Waals surface area contributed by atoms with Gasteiger partial charge in [-0.25, -0.2) is 0 Å². The average Bonchev–Trinajstić information content (AvgIpc) is 2.34. The first kappa shape index (κ1) is 12.1. The standard InChI is InChI=1S/C13H15NO2/c1-3-4-5-10-14-13(15)11-6-8-12(16-2)9-7-11/h1,6-9H,4-5,10H2,2H3,(H,14,15). The Balaban J connectivity index is 2.44. The molecule has 0 saturated heterocycles. The Morgan fingerprint density at radius 3 is 2.69 bits per heavy atom. The Hall–Kier alpha value is -1.95. The third-order valence-electron chi connectivity index (χ3n) is 2.14. The van der Waals surface area contributed by atoms with Crippen molar-refractivity contribution in [2.24, 2.45) is 0 Å². The van der Waals surface area contributed by atoms with Crippen molar-refractivity contribution in [1.29, 1.82) is 0 Å². The van der Waals surface area contributed by atoms with Crippen LogP contribution in [-0.4, -0.2) is 19.6 Å². The van der Waals surface area contributed by atoms with Crippen LogP contribution in [0.2, 0.25) is 0 Å². The highest BCUT2D eigenvalue weighted by Crippen LogP contribution is 2.10. The Morgan fingerprint density at radius 1 is 1.44 bits per heavy atom. The predicted molar refractivity (Wildman–Crippen MR) is 63.4 cm³/mol. The maximum absolute atomic E-state index is 11.6. The van der Waals surface area contributed by atoms with Crippen molar-refractivity contribution in [2.45, 2.75) is 12.8 Å². The van der Waals surface area contributed by atoms with Crippen molar-refractivity contribution in [2.75, 3.05) is 13.7 Å². The lowest BCUT2D eigenvalue weighted by Gasteiger charge is -2.04. The van der Waals surface area contributed by atoms with E-state index in [2.05, 4.69) is 11.2 Å². The van der Waals surface area contributed by atoms with Crippen LogP contribution >= 0.6 is 0 Å². The molecule has 84 valence electrons. The van der Waals surface area contributed by atoms with Gasteiger partial charge >= 0.3 is 0 Å². The molecule has 0 fully saturated rings. The summed E-state index contributed by atoms with van der Waals surface area (Å²) in [6.07, 6.45) is 6.60. The van der Waals surface area contributed by atoms with Gasteiger partial charge in [-0.1, -0.05) is 0 Å². The van der Waals surface area contributed by atoms with Crippen LogP contribution in [-0.2, 0) is 0 Å². The normalized spacial score (nSPS) is 9.25. The molecule has 0 aromatic heterocycles. The first-order chi connectivity index (χ1) is 7.77. The molecule has 1 amide bonds. The van der Waals surface area contributed by atoms with E-state index in [4.69, 9.17) is 11.2 Å². The molecule has 1 aromatic carbocycles. The van der Waals surface area contributed by atoms with Gasteiger partial charge in [-0.05, 0) is 30.7 Å². The average molecular weight is 217 g/mol. The zero-order valence-electron chi connectivity index (χ0n) is 9.32.